The van der Waals surface area contributed by atoms with Gasteiger partial charge in [-0.2, -0.15) is 0 Å². The number of aliphatic hydroxyl groups is 1. The first-order valence-electron chi connectivity index (χ1n) is 6.24. The van der Waals surface area contributed by atoms with Crippen molar-refractivity contribution in [2.75, 3.05) is 26.2 Å². The minimum Gasteiger partial charge on any atom is -0.492 e. The first-order valence-corrected chi connectivity index (χ1v) is 6.61. The zero-order valence-electron chi connectivity index (χ0n) is 11.3. The topological polar surface area (TPSA) is 32.7 Å². The van der Waals surface area contributed by atoms with E-state index in [1.165, 1.54) is 0 Å². The van der Waals surface area contributed by atoms with Crippen molar-refractivity contribution in [3.8, 4) is 5.75 Å². The lowest BCUT2D eigenvalue weighted by Gasteiger charge is -2.27. The van der Waals surface area contributed by atoms with Crippen LogP contribution < -0.4 is 4.74 Å². The molecule has 0 atom stereocenters. The van der Waals surface area contributed by atoms with Crippen molar-refractivity contribution in [2.45, 2.75) is 26.4 Å². The maximum atomic E-state index is 9.77. The molecule has 1 aromatic rings. The van der Waals surface area contributed by atoms with Crippen LogP contribution in [0.15, 0.2) is 24.3 Å². The van der Waals surface area contributed by atoms with E-state index in [-0.39, 0.29) is 0 Å². The van der Waals surface area contributed by atoms with E-state index in [0.717, 1.165) is 18.8 Å². The van der Waals surface area contributed by atoms with Gasteiger partial charge in [0.2, 0.25) is 0 Å². The van der Waals surface area contributed by atoms with Crippen LogP contribution in [-0.2, 0) is 0 Å². The highest BCUT2D eigenvalue weighted by atomic mass is 35.5. The zero-order chi connectivity index (χ0) is 13.6. The van der Waals surface area contributed by atoms with Crippen LogP contribution in [0.2, 0.25) is 5.02 Å². The van der Waals surface area contributed by atoms with Gasteiger partial charge in [0, 0.05) is 18.1 Å². The molecule has 0 fully saturated rings. The minimum atomic E-state index is -0.675. The molecule has 0 aliphatic carbocycles. The lowest BCUT2D eigenvalue weighted by molar-refractivity contribution is 0.0340. The summed E-state index contributed by atoms with van der Waals surface area (Å²) >= 11 is 5.88. The Bertz CT molecular complexity index is 363. The fourth-order valence-electron chi connectivity index (χ4n) is 1.75. The molecule has 0 aromatic heterocycles. The quantitative estimate of drug-likeness (QED) is 0.828. The summed E-state index contributed by atoms with van der Waals surface area (Å²) in [5, 5.41) is 10.4. The van der Waals surface area contributed by atoms with E-state index >= 15 is 0 Å². The van der Waals surface area contributed by atoms with Crippen LogP contribution >= 0.6 is 11.6 Å². The van der Waals surface area contributed by atoms with Crippen molar-refractivity contribution in [2.24, 2.45) is 0 Å². The van der Waals surface area contributed by atoms with Crippen LogP contribution in [-0.4, -0.2) is 41.8 Å². The Morgan fingerprint density at radius 3 is 2.67 bits per heavy atom. The third kappa shape index (κ3) is 6.24. The Balaban J connectivity index is 2.35. The van der Waals surface area contributed by atoms with Crippen molar-refractivity contribution in [1.29, 1.82) is 0 Å². The Kier molecular flexibility index (Phi) is 5.93. The number of ether oxygens (including phenoxy) is 1. The van der Waals surface area contributed by atoms with E-state index in [9.17, 15) is 5.11 Å². The van der Waals surface area contributed by atoms with Crippen molar-refractivity contribution in [1.82, 2.24) is 4.90 Å². The van der Waals surface area contributed by atoms with Gasteiger partial charge in [-0.05, 0) is 38.6 Å². The van der Waals surface area contributed by atoms with E-state index in [4.69, 9.17) is 16.3 Å². The standard InChI is InChI=1S/C14H22ClNO2/c1-4-16(11-14(2,3)17)8-9-18-13-7-5-6-12(15)10-13/h5-7,10,17H,4,8-9,11H2,1-3H3. The first kappa shape index (κ1) is 15.3. The molecule has 1 aromatic carbocycles. The Labute approximate surface area is 114 Å². The van der Waals surface area contributed by atoms with E-state index in [2.05, 4.69) is 11.8 Å². The molecule has 0 bridgehead atoms. The van der Waals surface area contributed by atoms with E-state index in [1.54, 1.807) is 6.07 Å². The molecule has 0 amide bonds. The van der Waals surface area contributed by atoms with E-state index in [0.29, 0.717) is 18.2 Å². The first-order chi connectivity index (χ1) is 8.40. The molecule has 4 heteroatoms. The molecule has 0 heterocycles. The largest absolute Gasteiger partial charge is 0.492 e. The SMILES string of the molecule is CCN(CCOc1cccc(Cl)c1)CC(C)(C)O. The van der Waals surface area contributed by atoms with Gasteiger partial charge < -0.3 is 9.84 Å². The van der Waals surface area contributed by atoms with Gasteiger partial charge in [0.05, 0.1) is 5.60 Å². The average Bonchev–Trinajstić information content (AvgIpc) is 2.26. The molecule has 0 aliphatic rings. The van der Waals surface area contributed by atoms with Crippen LogP contribution in [0.3, 0.4) is 0 Å². The maximum Gasteiger partial charge on any atom is 0.120 e. The normalized spacial score (nSPS) is 11.9. The highest BCUT2D eigenvalue weighted by Crippen LogP contribution is 2.17. The predicted octanol–water partition coefficient (Wildman–Crippen LogP) is 2.81. The third-order valence-corrected chi connectivity index (χ3v) is 2.77. The number of benzene rings is 1. The van der Waals surface area contributed by atoms with Gasteiger partial charge in [0.1, 0.15) is 12.4 Å². The van der Waals surface area contributed by atoms with Crippen LogP contribution in [0.5, 0.6) is 5.75 Å². The molecular formula is C14H22ClNO2. The summed E-state index contributed by atoms with van der Waals surface area (Å²) in [6.07, 6.45) is 0. The molecule has 18 heavy (non-hydrogen) atoms. The molecule has 0 aliphatic heterocycles. The molecule has 3 nitrogen and oxygen atoms in total. The summed E-state index contributed by atoms with van der Waals surface area (Å²) in [4.78, 5) is 2.16. The Morgan fingerprint density at radius 2 is 2.11 bits per heavy atom. The summed E-state index contributed by atoms with van der Waals surface area (Å²) in [7, 11) is 0. The van der Waals surface area contributed by atoms with Crippen molar-refractivity contribution < 1.29 is 9.84 Å². The number of likely N-dealkylation sites (N-methyl/N-ethyl adjacent to an activating group) is 1. The molecule has 1 rings (SSSR count). The number of halogens is 1. The Morgan fingerprint density at radius 1 is 1.39 bits per heavy atom. The predicted molar refractivity (Wildman–Crippen MR) is 75.4 cm³/mol. The molecule has 0 spiro atoms. The molecular weight excluding hydrogens is 250 g/mol. The monoisotopic (exact) mass is 271 g/mol. The fraction of sp³-hybridized carbons (Fsp3) is 0.571. The van der Waals surface area contributed by atoms with Gasteiger partial charge in [-0.1, -0.05) is 24.6 Å². The average molecular weight is 272 g/mol. The second kappa shape index (κ2) is 6.98. The van der Waals surface area contributed by atoms with E-state index < -0.39 is 5.60 Å². The number of hydrogen-bond donors (Lipinski definition) is 1. The summed E-state index contributed by atoms with van der Waals surface area (Å²) in [6, 6.07) is 7.37. The number of rotatable bonds is 7. The highest BCUT2D eigenvalue weighted by molar-refractivity contribution is 6.30. The van der Waals surface area contributed by atoms with Gasteiger partial charge in [0.15, 0.2) is 0 Å². The lowest BCUT2D eigenvalue weighted by atomic mass is 10.1. The highest BCUT2D eigenvalue weighted by Gasteiger charge is 2.16. The van der Waals surface area contributed by atoms with Gasteiger partial charge in [-0.25, -0.2) is 0 Å². The second-order valence-corrected chi connectivity index (χ2v) is 5.42. The zero-order valence-corrected chi connectivity index (χ0v) is 12.1. The Hall–Kier alpha value is -0.770. The van der Waals surface area contributed by atoms with Gasteiger partial charge in [-0.15, -0.1) is 0 Å². The van der Waals surface area contributed by atoms with Crippen LogP contribution in [0.1, 0.15) is 20.8 Å². The summed E-state index contributed by atoms with van der Waals surface area (Å²) in [5.41, 5.74) is -0.675. The third-order valence-electron chi connectivity index (χ3n) is 2.53. The molecule has 102 valence electrons. The molecule has 0 saturated carbocycles. The molecule has 0 saturated heterocycles. The minimum absolute atomic E-state index is 0.588. The van der Waals surface area contributed by atoms with Crippen molar-refractivity contribution >= 4 is 11.6 Å². The number of hydrogen-bond acceptors (Lipinski definition) is 3. The summed E-state index contributed by atoms with van der Waals surface area (Å²) in [6.45, 7) is 8.61. The van der Waals surface area contributed by atoms with Crippen LogP contribution in [0, 0.1) is 0 Å². The van der Waals surface area contributed by atoms with Crippen LogP contribution in [0.4, 0.5) is 0 Å². The van der Waals surface area contributed by atoms with Gasteiger partial charge >= 0.3 is 0 Å². The van der Waals surface area contributed by atoms with Gasteiger partial charge in [-0.3, -0.25) is 4.90 Å². The van der Waals surface area contributed by atoms with Crippen molar-refractivity contribution in [3.63, 3.8) is 0 Å². The number of nitrogens with zero attached hydrogens (tertiary/aromatic N) is 1. The fourth-order valence-corrected chi connectivity index (χ4v) is 1.93. The van der Waals surface area contributed by atoms with Crippen LogP contribution in [0.25, 0.3) is 0 Å². The molecule has 0 unspecified atom stereocenters. The molecule has 0 radical (unpaired) electrons. The lowest BCUT2D eigenvalue weighted by Crippen LogP contribution is -2.40. The summed E-state index contributed by atoms with van der Waals surface area (Å²) in [5.74, 6) is 0.779. The van der Waals surface area contributed by atoms with Gasteiger partial charge in [0.25, 0.3) is 0 Å². The second-order valence-electron chi connectivity index (χ2n) is 4.99. The maximum absolute atomic E-state index is 9.77. The van der Waals surface area contributed by atoms with Crippen molar-refractivity contribution in [3.05, 3.63) is 29.3 Å². The molecule has 1 N–H and O–H groups in total. The smallest absolute Gasteiger partial charge is 0.120 e. The summed E-state index contributed by atoms with van der Waals surface area (Å²) < 4.78 is 5.63. The van der Waals surface area contributed by atoms with E-state index in [1.807, 2.05) is 32.0 Å².